The second-order valence-corrected chi connectivity index (χ2v) is 3.55. The van der Waals surface area contributed by atoms with Crippen molar-refractivity contribution in [2.75, 3.05) is 0 Å². The summed E-state index contributed by atoms with van der Waals surface area (Å²) in [5.41, 5.74) is 0.301. The largest absolute Gasteiger partial charge is 0.451 e. The van der Waals surface area contributed by atoms with Crippen molar-refractivity contribution in [2.45, 2.75) is 11.0 Å². The molecule has 1 aromatic carbocycles. The van der Waals surface area contributed by atoms with Gasteiger partial charge in [0.1, 0.15) is 4.83 Å². The zero-order chi connectivity index (χ0) is 10.8. The lowest BCUT2D eigenvalue weighted by Crippen LogP contribution is -2.26. The molecule has 1 unspecified atom stereocenters. The van der Waals surface area contributed by atoms with Crippen LogP contribution in [0.4, 0.5) is 13.2 Å². The minimum absolute atomic E-state index is 0.301. The molecule has 1 rings (SSSR count). The van der Waals surface area contributed by atoms with Crippen LogP contribution in [0, 0.1) is 0 Å². The van der Waals surface area contributed by atoms with Crippen LogP contribution < -0.4 is 0 Å². The normalized spacial score (nSPS) is 13.7. The predicted octanol–water partition coefficient (Wildman–Crippen LogP) is 3.25. The third-order valence-electron chi connectivity index (χ3n) is 1.60. The summed E-state index contributed by atoms with van der Waals surface area (Å²) >= 11 is 2.72. The highest BCUT2D eigenvalue weighted by Gasteiger charge is 2.42. The topological polar surface area (TPSA) is 17.1 Å². The number of ketones is 1. The Morgan fingerprint density at radius 1 is 1.21 bits per heavy atom. The number of carbonyl (C=O) groups is 1. The van der Waals surface area contributed by atoms with Crippen molar-refractivity contribution in [3.05, 3.63) is 35.9 Å². The minimum atomic E-state index is -4.80. The monoisotopic (exact) mass is 266 g/mol. The molecule has 0 aliphatic carbocycles. The van der Waals surface area contributed by atoms with Crippen molar-refractivity contribution in [1.82, 2.24) is 0 Å². The van der Waals surface area contributed by atoms with Crippen LogP contribution >= 0.6 is 15.9 Å². The maximum atomic E-state index is 12.0. The van der Waals surface area contributed by atoms with Crippen LogP contribution in [0.5, 0.6) is 0 Å². The average Bonchev–Trinajstić information content (AvgIpc) is 2.15. The SMILES string of the molecule is O=C(C(Br)c1ccccc1)C(F)(F)F. The molecule has 1 nitrogen and oxygen atoms in total. The highest BCUT2D eigenvalue weighted by molar-refractivity contribution is 9.09. The fourth-order valence-electron chi connectivity index (χ4n) is 0.917. The molecule has 0 spiro atoms. The molecule has 0 radical (unpaired) electrons. The van der Waals surface area contributed by atoms with Gasteiger partial charge in [-0.1, -0.05) is 46.3 Å². The molecule has 0 saturated carbocycles. The number of carbonyl (C=O) groups excluding carboxylic acids is 1. The van der Waals surface area contributed by atoms with Crippen LogP contribution in [0.3, 0.4) is 0 Å². The maximum Gasteiger partial charge on any atom is 0.451 e. The lowest BCUT2D eigenvalue weighted by atomic mass is 10.1. The molecule has 0 heterocycles. The van der Waals surface area contributed by atoms with Crippen molar-refractivity contribution >= 4 is 21.7 Å². The number of halogens is 4. The molecule has 76 valence electrons. The minimum Gasteiger partial charge on any atom is -0.288 e. The standard InChI is InChI=1S/C9H6BrF3O/c10-7(8(14)9(11,12)13)6-4-2-1-3-5-6/h1-5,7H. The molecule has 0 aromatic heterocycles. The highest BCUT2D eigenvalue weighted by atomic mass is 79.9. The first kappa shape index (κ1) is 11.2. The third-order valence-corrected chi connectivity index (χ3v) is 2.55. The maximum absolute atomic E-state index is 12.0. The summed E-state index contributed by atoms with van der Waals surface area (Å²) in [4.78, 5) is 9.48. The van der Waals surface area contributed by atoms with E-state index in [1.165, 1.54) is 12.1 Å². The number of Topliss-reactive ketones (excluding diaryl/α,β-unsaturated/α-hetero) is 1. The molecule has 5 heteroatoms. The van der Waals surface area contributed by atoms with E-state index in [1.54, 1.807) is 18.2 Å². The summed E-state index contributed by atoms with van der Waals surface area (Å²) in [6, 6.07) is 7.74. The fourth-order valence-corrected chi connectivity index (χ4v) is 1.48. The molecule has 0 aliphatic heterocycles. The van der Waals surface area contributed by atoms with Gasteiger partial charge in [-0.25, -0.2) is 0 Å². The Hall–Kier alpha value is -0.840. The molecule has 0 bridgehead atoms. The van der Waals surface area contributed by atoms with Gasteiger partial charge in [0.05, 0.1) is 0 Å². The molecule has 0 amide bonds. The molecule has 0 fully saturated rings. The second-order valence-electron chi connectivity index (χ2n) is 2.64. The summed E-state index contributed by atoms with van der Waals surface area (Å²) in [7, 11) is 0. The van der Waals surface area contributed by atoms with E-state index < -0.39 is 16.8 Å². The predicted molar refractivity (Wildman–Crippen MR) is 49.2 cm³/mol. The van der Waals surface area contributed by atoms with E-state index >= 15 is 0 Å². The van der Waals surface area contributed by atoms with E-state index in [0.29, 0.717) is 5.56 Å². The van der Waals surface area contributed by atoms with E-state index in [2.05, 4.69) is 15.9 Å². The zero-order valence-electron chi connectivity index (χ0n) is 6.88. The van der Waals surface area contributed by atoms with Gasteiger partial charge < -0.3 is 0 Å². The Kier molecular flexibility index (Phi) is 3.31. The van der Waals surface area contributed by atoms with Gasteiger partial charge in [-0.3, -0.25) is 4.79 Å². The Morgan fingerprint density at radius 3 is 2.14 bits per heavy atom. The van der Waals surface area contributed by atoms with E-state index in [0.717, 1.165) is 0 Å². The number of rotatable bonds is 2. The summed E-state index contributed by atoms with van der Waals surface area (Å²) in [5.74, 6) is -1.79. The summed E-state index contributed by atoms with van der Waals surface area (Å²) in [6.07, 6.45) is -4.80. The Morgan fingerprint density at radius 2 is 1.71 bits per heavy atom. The van der Waals surface area contributed by atoms with E-state index in [4.69, 9.17) is 0 Å². The first-order chi connectivity index (χ1) is 6.43. The molecule has 1 atom stereocenters. The zero-order valence-corrected chi connectivity index (χ0v) is 8.47. The van der Waals surface area contributed by atoms with Crippen molar-refractivity contribution in [3.63, 3.8) is 0 Å². The average molecular weight is 267 g/mol. The van der Waals surface area contributed by atoms with Crippen LogP contribution in [0.15, 0.2) is 30.3 Å². The summed E-state index contributed by atoms with van der Waals surface area (Å²) in [6.45, 7) is 0. The number of benzene rings is 1. The van der Waals surface area contributed by atoms with Gasteiger partial charge in [-0.05, 0) is 5.56 Å². The van der Waals surface area contributed by atoms with E-state index in [1.807, 2.05) is 0 Å². The highest BCUT2D eigenvalue weighted by Crippen LogP contribution is 2.31. The van der Waals surface area contributed by atoms with Crippen LogP contribution in [-0.2, 0) is 4.79 Å². The Labute approximate surface area is 87.1 Å². The first-order valence-electron chi connectivity index (χ1n) is 3.73. The van der Waals surface area contributed by atoms with Crippen molar-refractivity contribution in [1.29, 1.82) is 0 Å². The molecular weight excluding hydrogens is 261 g/mol. The molecule has 0 saturated heterocycles. The Bertz CT molecular complexity index is 321. The fraction of sp³-hybridized carbons (Fsp3) is 0.222. The Balaban J connectivity index is 2.87. The van der Waals surface area contributed by atoms with Gasteiger partial charge in [-0.15, -0.1) is 0 Å². The van der Waals surface area contributed by atoms with Crippen molar-refractivity contribution in [2.24, 2.45) is 0 Å². The van der Waals surface area contributed by atoms with Crippen molar-refractivity contribution < 1.29 is 18.0 Å². The van der Waals surface area contributed by atoms with Crippen LogP contribution in [0.2, 0.25) is 0 Å². The van der Waals surface area contributed by atoms with E-state index in [-0.39, 0.29) is 0 Å². The smallest absolute Gasteiger partial charge is 0.288 e. The number of hydrogen-bond donors (Lipinski definition) is 0. The van der Waals surface area contributed by atoms with Gasteiger partial charge in [0.15, 0.2) is 0 Å². The lowest BCUT2D eigenvalue weighted by Gasteiger charge is -2.11. The number of hydrogen-bond acceptors (Lipinski definition) is 1. The van der Waals surface area contributed by atoms with Crippen LogP contribution in [0.1, 0.15) is 10.4 Å². The van der Waals surface area contributed by atoms with Crippen molar-refractivity contribution in [3.8, 4) is 0 Å². The molecule has 1 aromatic rings. The van der Waals surface area contributed by atoms with Gasteiger partial charge in [0, 0.05) is 0 Å². The quantitative estimate of drug-likeness (QED) is 0.751. The molecule has 0 aliphatic rings. The summed E-state index contributed by atoms with van der Waals surface area (Å²) < 4.78 is 36.0. The van der Waals surface area contributed by atoms with Gasteiger partial charge in [-0.2, -0.15) is 13.2 Å². The van der Waals surface area contributed by atoms with Crippen LogP contribution in [-0.4, -0.2) is 12.0 Å². The van der Waals surface area contributed by atoms with Gasteiger partial charge >= 0.3 is 6.18 Å². The van der Waals surface area contributed by atoms with E-state index in [9.17, 15) is 18.0 Å². The first-order valence-corrected chi connectivity index (χ1v) is 4.64. The van der Waals surface area contributed by atoms with Gasteiger partial charge in [0.25, 0.3) is 5.78 Å². The van der Waals surface area contributed by atoms with Crippen LogP contribution in [0.25, 0.3) is 0 Å². The molecular formula is C9H6BrF3O. The molecule has 0 N–H and O–H groups in total. The van der Waals surface area contributed by atoms with Gasteiger partial charge in [0.2, 0.25) is 0 Å². The number of alkyl halides is 4. The summed E-state index contributed by atoms with van der Waals surface area (Å²) in [5, 5.41) is 0. The third kappa shape index (κ3) is 2.57. The second kappa shape index (κ2) is 4.13. The lowest BCUT2D eigenvalue weighted by molar-refractivity contribution is -0.170. The molecule has 14 heavy (non-hydrogen) atoms.